The van der Waals surface area contributed by atoms with E-state index in [2.05, 4.69) is 30.2 Å². The zero-order chi connectivity index (χ0) is 11.1. The number of hydrogen-bond acceptors (Lipinski definition) is 3. The monoisotopic (exact) mass is 208 g/mol. The summed E-state index contributed by atoms with van der Waals surface area (Å²) in [7, 11) is 1.63. The van der Waals surface area contributed by atoms with Crippen LogP contribution >= 0.6 is 0 Å². The van der Waals surface area contributed by atoms with Crippen LogP contribution in [0.5, 0.6) is 5.88 Å². The van der Waals surface area contributed by atoms with E-state index in [-0.39, 0.29) is 0 Å². The normalized spacial score (nSPS) is 12.5. The molecule has 0 saturated carbocycles. The quantitative estimate of drug-likeness (QED) is 0.776. The summed E-state index contributed by atoms with van der Waals surface area (Å²) in [5, 5.41) is 3.45. The van der Waals surface area contributed by atoms with Gasteiger partial charge in [0.15, 0.2) is 0 Å². The molecule has 15 heavy (non-hydrogen) atoms. The highest BCUT2D eigenvalue weighted by Gasteiger charge is 2.02. The van der Waals surface area contributed by atoms with Gasteiger partial charge in [-0.05, 0) is 31.9 Å². The van der Waals surface area contributed by atoms with Gasteiger partial charge in [-0.2, -0.15) is 0 Å². The summed E-state index contributed by atoms with van der Waals surface area (Å²) in [5.74, 6) is 0.674. The highest BCUT2D eigenvalue weighted by atomic mass is 16.5. The van der Waals surface area contributed by atoms with Crippen LogP contribution in [-0.4, -0.2) is 24.7 Å². The van der Waals surface area contributed by atoms with Gasteiger partial charge in [-0.1, -0.05) is 13.0 Å². The Morgan fingerprint density at radius 1 is 1.47 bits per heavy atom. The van der Waals surface area contributed by atoms with Gasteiger partial charge >= 0.3 is 0 Å². The fraction of sp³-hybridized carbons (Fsp3) is 0.583. The minimum atomic E-state index is 0.500. The molecule has 1 aromatic heterocycles. The van der Waals surface area contributed by atoms with Crippen molar-refractivity contribution in [2.75, 3.05) is 13.7 Å². The molecule has 1 aromatic rings. The lowest BCUT2D eigenvalue weighted by molar-refractivity contribution is 0.397. The number of pyridine rings is 1. The van der Waals surface area contributed by atoms with Crippen LogP contribution in [0.15, 0.2) is 18.3 Å². The first-order valence-corrected chi connectivity index (χ1v) is 5.48. The van der Waals surface area contributed by atoms with E-state index in [4.69, 9.17) is 4.74 Å². The SMILES string of the molecule is CCCNC(C)Cc1ccc(OC)nc1. The van der Waals surface area contributed by atoms with E-state index in [9.17, 15) is 0 Å². The standard InChI is InChI=1S/C12H20N2O/c1-4-7-13-10(2)8-11-5-6-12(15-3)14-9-11/h5-6,9-10,13H,4,7-8H2,1-3H3. The maximum atomic E-state index is 5.01. The van der Waals surface area contributed by atoms with Crippen LogP contribution in [0.25, 0.3) is 0 Å². The number of rotatable bonds is 6. The first kappa shape index (κ1) is 12.0. The first-order valence-electron chi connectivity index (χ1n) is 5.48. The van der Waals surface area contributed by atoms with Gasteiger partial charge in [0.05, 0.1) is 7.11 Å². The summed E-state index contributed by atoms with van der Waals surface area (Å²) < 4.78 is 5.01. The average molecular weight is 208 g/mol. The van der Waals surface area contributed by atoms with E-state index < -0.39 is 0 Å². The number of nitrogens with zero attached hydrogens (tertiary/aromatic N) is 1. The number of nitrogens with one attached hydrogen (secondary N) is 1. The van der Waals surface area contributed by atoms with E-state index in [1.54, 1.807) is 7.11 Å². The Bertz CT molecular complexity index is 271. The largest absolute Gasteiger partial charge is 0.481 e. The molecule has 0 spiro atoms. The molecular formula is C12H20N2O. The average Bonchev–Trinajstić information content (AvgIpc) is 2.27. The van der Waals surface area contributed by atoms with Crippen LogP contribution in [0.2, 0.25) is 0 Å². The van der Waals surface area contributed by atoms with Crippen molar-refractivity contribution in [1.29, 1.82) is 0 Å². The molecule has 0 amide bonds. The third kappa shape index (κ3) is 4.30. The molecule has 0 aromatic carbocycles. The van der Waals surface area contributed by atoms with Crippen molar-refractivity contribution in [3.8, 4) is 5.88 Å². The molecule has 1 atom stereocenters. The van der Waals surface area contributed by atoms with Gasteiger partial charge in [-0.25, -0.2) is 4.98 Å². The molecule has 1 rings (SSSR count). The summed E-state index contributed by atoms with van der Waals surface area (Å²) in [5.41, 5.74) is 1.24. The van der Waals surface area contributed by atoms with Crippen molar-refractivity contribution in [3.63, 3.8) is 0 Å². The number of aromatic nitrogens is 1. The van der Waals surface area contributed by atoms with E-state index in [0.717, 1.165) is 13.0 Å². The van der Waals surface area contributed by atoms with Gasteiger partial charge in [-0.15, -0.1) is 0 Å². The molecule has 0 aliphatic rings. The number of hydrogen-bond donors (Lipinski definition) is 1. The van der Waals surface area contributed by atoms with Crippen LogP contribution in [0.1, 0.15) is 25.8 Å². The Kier molecular flexibility index (Phi) is 5.12. The molecule has 3 nitrogen and oxygen atoms in total. The van der Waals surface area contributed by atoms with Crippen LogP contribution < -0.4 is 10.1 Å². The lowest BCUT2D eigenvalue weighted by Gasteiger charge is -2.12. The summed E-state index contributed by atoms with van der Waals surface area (Å²) in [6, 6.07) is 4.47. The molecule has 0 saturated heterocycles. The third-order valence-corrected chi connectivity index (χ3v) is 2.29. The lowest BCUT2D eigenvalue weighted by Crippen LogP contribution is -2.28. The van der Waals surface area contributed by atoms with E-state index in [0.29, 0.717) is 11.9 Å². The smallest absolute Gasteiger partial charge is 0.212 e. The Morgan fingerprint density at radius 3 is 2.80 bits per heavy atom. The van der Waals surface area contributed by atoms with E-state index in [1.807, 2.05) is 12.3 Å². The van der Waals surface area contributed by atoms with Gasteiger partial charge in [0.25, 0.3) is 0 Å². The Labute approximate surface area is 91.9 Å². The molecule has 1 heterocycles. The Hall–Kier alpha value is -1.09. The number of methoxy groups -OCH3 is 1. The van der Waals surface area contributed by atoms with Gasteiger partial charge < -0.3 is 10.1 Å². The maximum absolute atomic E-state index is 5.01. The van der Waals surface area contributed by atoms with Crippen molar-refractivity contribution < 1.29 is 4.74 Å². The molecule has 0 bridgehead atoms. The van der Waals surface area contributed by atoms with Gasteiger partial charge in [-0.3, -0.25) is 0 Å². The van der Waals surface area contributed by atoms with Crippen molar-refractivity contribution in [2.45, 2.75) is 32.7 Å². The van der Waals surface area contributed by atoms with Crippen molar-refractivity contribution in [3.05, 3.63) is 23.9 Å². The van der Waals surface area contributed by atoms with Crippen molar-refractivity contribution in [1.82, 2.24) is 10.3 Å². The summed E-state index contributed by atoms with van der Waals surface area (Å²) in [6.07, 6.45) is 4.06. The topological polar surface area (TPSA) is 34.1 Å². The summed E-state index contributed by atoms with van der Waals surface area (Å²) in [4.78, 5) is 4.18. The van der Waals surface area contributed by atoms with Crippen LogP contribution in [0.4, 0.5) is 0 Å². The Morgan fingerprint density at radius 2 is 2.27 bits per heavy atom. The maximum Gasteiger partial charge on any atom is 0.212 e. The fourth-order valence-corrected chi connectivity index (χ4v) is 1.47. The van der Waals surface area contributed by atoms with Gasteiger partial charge in [0.1, 0.15) is 0 Å². The predicted octanol–water partition coefficient (Wildman–Crippen LogP) is 2.02. The molecule has 0 fully saturated rings. The fourth-order valence-electron chi connectivity index (χ4n) is 1.47. The highest BCUT2D eigenvalue weighted by Crippen LogP contribution is 2.08. The second-order valence-electron chi connectivity index (χ2n) is 3.77. The second-order valence-corrected chi connectivity index (χ2v) is 3.77. The van der Waals surface area contributed by atoms with Crippen LogP contribution in [0, 0.1) is 0 Å². The number of ether oxygens (including phenoxy) is 1. The molecule has 0 radical (unpaired) electrons. The molecular weight excluding hydrogens is 188 g/mol. The second kappa shape index (κ2) is 6.40. The van der Waals surface area contributed by atoms with E-state index in [1.165, 1.54) is 12.0 Å². The minimum absolute atomic E-state index is 0.500. The molecule has 1 unspecified atom stereocenters. The molecule has 1 N–H and O–H groups in total. The molecule has 3 heteroatoms. The van der Waals surface area contributed by atoms with Crippen molar-refractivity contribution in [2.24, 2.45) is 0 Å². The summed E-state index contributed by atoms with van der Waals surface area (Å²) >= 11 is 0. The molecule has 0 aliphatic carbocycles. The molecule has 84 valence electrons. The predicted molar refractivity (Wildman–Crippen MR) is 62.2 cm³/mol. The molecule has 0 aliphatic heterocycles. The van der Waals surface area contributed by atoms with Crippen LogP contribution in [-0.2, 0) is 6.42 Å². The summed E-state index contributed by atoms with van der Waals surface area (Å²) in [6.45, 7) is 5.44. The third-order valence-electron chi connectivity index (χ3n) is 2.29. The van der Waals surface area contributed by atoms with Crippen LogP contribution in [0.3, 0.4) is 0 Å². The van der Waals surface area contributed by atoms with Crippen molar-refractivity contribution >= 4 is 0 Å². The highest BCUT2D eigenvalue weighted by molar-refractivity contribution is 5.18. The lowest BCUT2D eigenvalue weighted by atomic mass is 10.1. The minimum Gasteiger partial charge on any atom is -0.481 e. The zero-order valence-corrected chi connectivity index (χ0v) is 9.79. The Balaban J connectivity index is 2.42. The van der Waals surface area contributed by atoms with Gasteiger partial charge in [0.2, 0.25) is 5.88 Å². The zero-order valence-electron chi connectivity index (χ0n) is 9.79. The van der Waals surface area contributed by atoms with Gasteiger partial charge in [0, 0.05) is 18.3 Å². The first-order chi connectivity index (χ1) is 7.26. The van der Waals surface area contributed by atoms with E-state index >= 15 is 0 Å².